The van der Waals surface area contributed by atoms with Gasteiger partial charge >= 0.3 is 0 Å². The second kappa shape index (κ2) is 16.4. The Kier molecular flexibility index (Phi) is 9.45. The van der Waals surface area contributed by atoms with E-state index in [-0.39, 0.29) is 0 Å². The predicted octanol–water partition coefficient (Wildman–Crippen LogP) is 17.2. The molecule has 5 nitrogen and oxygen atoms in total. The van der Waals surface area contributed by atoms with Crippen molar-refractivity contribution in [1.29, 1.82) is 0 Å². The van der Waals surface area contributed by atoms with E-state index in [0.717, 1.165) is 62.6 Å². The van der Waals surface area contributed by atoms with Gasteiger partial charge in [-0.1, -0.05) is 170 Å². The molecule has 70 heavy (non-hydrogen) atoms. The zero-order valence-electron chi connectivity index (χ0n) is 38.1. The minimum Gasteiger partial charge on any atom is -0.311 e. The Bertz CT molecular complexity index is 4110. The molecule has 0 aliphatic heterocycles. The maximum Gasteiger partial charge on any atom is 0.235 e. The first kappa shape index (κ1) is 40.2. The molecular weight excluding hydrogens is 871 g/mol. The van der Waals surface area contributed by atoms with Gasteiger partial charge in [-0.05, 0) is 96.1 Å². The highest BCUT2D eigenvalue weighted by Gasteiger charge is 2.28. The summed E-state index contributed by atoms with van der Waals surface area (Å²) in [7, 11) is 0. The predicted molar refractivity (Wildman–Crippen MR) is 294 cm³/mol. The van der Waals surface area contributed by atoms with Gasteiger partial charge in [-0.15, -0.1) is 11.3 Å². The van der Waals surface area contributed by atoms with Crippen LogP contribution in [0.15, 0.2) is 231 Å². The molecule has 9 aromatic carbocycles. The molecule has 0 saturated heterocycles. The zero-order chi connectivity index (χ0) is 46.1. The van der Waals surface area contributed by atoms with Crippen LogP contribution in [0.25, 0.3) is 98.7 Å². The Morgan fingerprint density at radius 1 is 0.457 bits per heavy atom. The van der Waals surface area contributed by atoms with Crippen LogP contribution in [0.3, 0.4) is 0 Å². The molecule has 13 aromatic rings. The molecule has 0 saturated carbocycles. The van der Waals surface area contributed by atoms with Crippen molar-refractivity contribution in [2.45, 2.75) is 12.8 Å². The number of aromatic nitrogens is 4. The first-order valence-electron chi connectivity index (χ1n) is 24.0. The number of fused-ring (bicyclic) bond motifs is 9. The summed E-state index contributed by atoms with van der Waals surface area (Å²) in [5.74, 6) is 0.685. The van der Waals surface area contributed by atoms with Crippen LogP contribution >= 0.6 is 11.3 Å². The second-order valence-corrected chi connectivity index (χ2v) is 19.1. The monoisotopic (exact) mass is 913 g/mol. The molecule has 0 fully saturated rings. The van der Waals surface area contributed by atoms with Gasteiger partial charge in [0.05, 0.1) is 32.5 Å². The van der Waals surface area contributed by atoms with Crippen LogP contribution < -0.4 is 4.90 Å². The van der Waals surface area contributed by atoms with E-state index in [1.807, 2.05) is 0 Å². The van der Waals surface area contributed by atoms with Crippen molar-refractivity contribution in [3.63, 3.8) is 0 Å². The maximum atomic E-state index is 5.69. The molecule has 1 aliphatic carbocycles. The molecular formula is C64H43N5S. The molecule has 0 unspecified atom stereocenters. The van der Waals surface area contributed by atoms with Gasteiger partial charge in [0, 0.05) is 71.6 Å². The summed E-state index contributed by atoms with van der Waals surface area (Å²) in [5.41, 5.74) is 17.1. The Hall–Kier alpha value is -8.84. The fourth-order valence-corrected chi connectivity index (χ4v) is 12.0. The number of para-hydroxylation sites is 5. The Morgan fingerprint density at radius 3 is 1.86 bits per heavy atom. The largest absolute Gasteiger partial charge is 0.311 e. The molecule has 0 bridgehead atoms. The maximum absolute atomic E-state index is 5.69. The molecule has 0 spiro atoms. The molecule has 4 aromatic heterocycles. The number of nitrogens with zero attached hydrogens (tertiary/aromatic N) is 5. The van der Waals surface area contributed by atoms with Gasteiger partial charge in [-0.2, -0.15) is 0 Å². The molecule has 4 heterocycles. The first-order chi connectivity index (χ1) is 34.7. The zero-order valence-corrected chi connectivity index (χ0v) is 38.9. The minimum absolute atomic E-state index is 0.685. The van der Waals surface area contributed by atoms with Crippen molar-refractivity contribution in [2.75, 3.05) is 4.90 Å². The van der Waals surface area contributed by atoms with Gasteiger partial charge in [0.15, 0.2) is 0 Å². The van der Waals surface area contributed by atoms with Crippen molar-refractivity contribution in [3.05, 3.63) is 247 Å². The lowest BCUT2D eigenvalue weighted by Gasteiger charge is -2.25. The lowest BCUT2D eigenvalue weighted by molar-refractivity contribution is 0.861. The van der Waals surface area contributed by atoms with Crippen molar-refractivity contribution in [3.8, 4) is 33.3 Å². The number of allylic oxidation sites excluding steroid dienone is 1. The molecule has 330 valence electrons. The Morgan fingerprint density at radius 2 is 1.10 bits per heavy atom. The van der Waals surface area contributed by atoms with Crippen LogP contribution in [-0.4, -0.2) is 19.1 Å². The second-order valence-electron chi connectivity index (χ2n) is 18.1. The normalized spacial score (nSPS) is 12.5. The van der Waals surface area contributed by atoms with Gasteiger partial charge in [0.1, 0.15) is 0 Å². The quantitative estimate of drug-likeness (QED) is 0.152. The van der Waals surface area contributed by atoms with E-state index in [4.69, 9.17) is 9.97 Å². The number of hydrogen-bond donors (Lipinski definition) is 0. The number of thiophene rings is 1. The van der Waals surface area contributed by atoms with Crippen LogP contribution in [0, 0.1) is 0 Å². The molecule has 0 radical (unpaired) electrons. The van der Waals surface area contributed by atoms with E-state index >= 15 is 0 Å². The van der Waals surface area contributed by atoms with Gasteiger partial charge in [-0.25, -0.2) is 9.97 Å². The van der Waals surface area contributed by atoms with Crippen LogP contribution in [0.1, 0.15) is 23.2 Å². The van der Waals surface area contributed by atoms with Gasteiger partial charge < -0.3 is 9.47 Å². The highest BCUT2D eigenvalue weighted by atomic mass is 32.1. The number of rotatable bonds is 8. The summed E-state index contributed by atoms with van der Waals surface area (Å²) in [6, 6.07) is 82.7. The van der Waals surface area contributed by atoms with Crippen LogP contribution in [0.5, 0.6) is 0 Å². The van der Waals surface area contributed by atoms with E-state index in [1.165, 1.54) is 70.8 Å². The van der Waals surface area contributed by atoms with E-state index in [2.05, 4.69) is 251 Å². The summed E-state index contributed by atoms with van der Waals surface area (Å²) in [5, 5.41) is 6.09. The number of anilines is 3. The van der Waals surface area contributed by atoms with Crippen molar-refractivity contribution in [2.24, 2.45) is 0 Å². The standard InChI is InChI=1S/C64H43N5S/c1-5-19-43(20-6-1)59-41-56-63(70-59)60(44-32-36-49(37-33-44)67(46-21-7-2-8-22-46)47-23-9-3-10-24-47)66-64(65-56)69-58-39-35-45(40-55(58)54-38-34-42-18-13-14-27-50(42)62(54)69)51-29-17-30-53-52-28-15-16-31-57(52)68(61(51)53)48-25-11-4-12-26-48/h1-34,36-38,40-41H,35,39H2. The van der Waals surface area contributed by atoms with Gasteiger partial charge in [0.2, 0.25) is 5.95 Å². The average molecular weight is 914 g/mol. The summed E-state index contributed by atoms with van der Waals surface area (Å²) in [6.45, 7) is 0. The van der Waals surface area contributed by atoms with Crippen LogP contribution in [0.2, 0.25) is 0 Å². The van der Waals surface area contributed by atoms with Crippen molar-refractivity contribution < 1.29 is 0 Å². The molecule has 1 aliphatic rings. The summed E-state index contributed by atoms with van der Waals surface area (Å²) in [4.78, 5) is 14.7. The number of hydrogen-bond acceptors (Lipinski definition) is 4. The van der Waals surface area contributed by atoms with Crippen LogP contribution in [-0.2, 0) is 6.42 Å². The molecule has 0 atom stereocenters. The molecule has 6 heteroatoms. The average Bonchev–Trinajstić information content (AvgIpc) is 4.13. The number of benzene rings is 9. The van der Waals surface area contributed by atoms with Gasteiger partial charge in [0.25, 0.3) is 0 Å². The third-order valence-electron chi connectivity index (χ3n) is 14.0. The highest BCUT2D eigenvalue weighted by Crippen LogP contribution is 2.46. The fraction of sp³-hybridized carbons (Fsp3) is 0.0312. The van der Waals surface area contributed by atoms with E-state index in [9.17, 15) is 0 Å². The Balaban J connectivity index is 0.985. The SMILES string of the molecule is C1=C(c2cccc3c4ccccc4n(-c4ccccc4)c23)CCc2c1c1ccc3ccccc3c1n2-c1nc(-c2ccc(N(c3ccccc3)c3ccccc3)cc2)c2sc(-c3ccccc3)cc2n1. The summed E-state index contributed by atoms with van der Waals surface area (Å²) in [6.07, 6.45) is 4.16. The lowest BCUT2D eigenvalue weighted by atomic mass is 9.90. The minimum atomic E-state index is 0.685. The van der Waals surface area contributed by atoms with Crippen molar-refractivity contribution >= 4 is 93.7 Å². The summed E-state index contributed by atoms with van der Waals surface area (Å²) >= 11 is 1.76. The smallest absolute Gasteiger partial charge is 0.235 e. The topological polar surface area (TPSA) is 38.9 Å². The Labute approximate surface area is 409 Å². The highest BCUT2D eigenvalue weighted by molar-refractivity contribution is 7.22. The van der Waals surface area contributed by atoms with Gasteiger partial charge in [-0.3, -0.25) is 4.57 Å². The summed E-state index contributed by atoms with van der Waals surface area (Å²) < 4.78 is 5.92. The lowest BCUT2D eigenvalue weighted by Crippen LogP contribution is -2.10. The van der Waals surface area contributed by atoms with Crippen molar-refractivity contribution in [1.82, 2.24) is 19.1 Å². The molecule has 14 rings (SSSR count). The van der Waals surface area contributed by atoms with E-state index in [1.54, 1.807) is 11.3 Å². The van der Waals surface area contributed by atoms with Crippen LogP contribution in [0.4, 0.5) is 17.1 Å². The molecule has 0 amide bonds. The molecule has 0 N–H and O–H groups in total. The fourth-order valence-electron chi connectivity index (χ4n) is 10.9. The third kappa shape index (κ3) is 6.52. The van der Waals surface area contributed by atoms with E-state index in [0.29, 0.717) is 5.95 Å². The third-order valence-corrected chi connectivity index (χ3v) is 15.2. The first-order valence-corrected chi connectivity index (χ1v) is 24.8. The van der Waals surface area contributed by atoms with E-state index < -0.39 is 0 Å².